The molecule has 0 spiro atoms. The SMILES string of the molecule is CCOC(=O)c1nnn(CCCOC)c1C. The van der Waals surface area contributed by atoms with Crippen LogP contribution in [0, 0.1) is 6.92 Å². The molecule has 0 fully saturated rings. The number of carbonyl (C=O) groups is 1. The van der Waals surface area contributed by atoms with Crippen LogP contribution in [0.15, 0.2) is 0 Å². The van der Waals surface area contributed by atoms with Crippen LogP contribution >= 0.6 is 0 Å². The molecule has 0 bridgehead atoms. The average Bonchev–Trinajstić information content (AvgIpc) is 2.61. The van der Waals surface area contributed by atoms with E-state index in [2.05, 4.69) is 10.3 Å². The Bertz CT molecular complexity index is 349. The average molecular weight is 227 g/mol. The van der Waals surface area contributed by atoms with E-state index < -0.39 is 5.97 Å². The van der Waals surface area contributed by atoms with Crippen molar-refractivity contribution in [3.05, 3.63) is 11.4 Å². The van der Waals surface area contributed by atoms with Crippen LogP contribution in [0.2, 0.25) is 0 Å². The summed E-state index contributed by atoms with van der Waals surface area (Å²) < 4.78 is 11.5. The van der Waals surface area contributed by atoms with Crippen LogP contribution in [0.25, 0.3) is 0 Å². The van der Waals surface area contributed by atoms with E-state index in [0.29, 0.717) is 25.5 Å². The summed E-state index contributed by atoms with van der Waals surface area (Å²) in [7, 11) is 1.65. The molecule has 16 heavy (non-hydrogen) atoms. The Morgan fingerprint density at radius 3 is 2.88 bits per heavy atom. The molecule has 1 aromatic heterocycles. The Balaban J connectivity index is 2.64. The van der Waals surface area contributed by atoms with Gasteiger partial charge in [0.05, 0.1) is 12.3 Å². The van der Waals surface area contributed by atoms with Gasteiger partial charge in [0.15, 0.2) is 5.69 Å². The van der Waals surface area contributed by atoms with Crippen molar-refractivity contribution in [1.29, 1.82) is 0 Å². The molecule has 1 aromatic rings. The molecule has 90 valence electrons. The van der Waals surface area contributed by atoms with Gasteiger partial charge >= 0.3 is 5.97 Å². The van der Waals surface area contributed by atoms with E-state index in [1.165, 1.54) is 0 Å². The highest BCUT2D eigenvalue weighted by atomic mass is 16.5. The van der Waals surface area contributed by atoms with Gasteiger partial charge in [0.1, 0.15) is 0 Å². The van der Waals surface area contributed by atoms with Crippen molar-refractivity contribution in [2.24, 2.45) is 0 Å². The molecule has 1 heterocycles. The second-order valence-corrected chi connectivity index (χ2v) is 3.31. The Kier molecular flexibility index (Phi) is 4.91. The highest BCUT2D eigenvalue weighted by Crippen LogP contribution is 2.06. The van der Waals surface area contributed by atoms with Crippen molar-refractivity contribution in [2.75, 3.05) is 20.3 Å². The molecule has 6 heteroatoms. The van der Waals surface area contributed by atoms with Gasteiger partial charge < -0.3 is 9.47 Å². The van der Waals surface area contributed by atoms with Gasteiger partial charge in [-0.3, -0.25) is 0 Å². The smallest absolute Gasteiger partial charge is 0.360 e. The Hall–Kier alpha value is -1.43. The molecular formula is C10H17N3O3. The van der Waals surface area contributed by atoms with E-state index >= 15 is 0 Å². The van der Waals surface area contributed by atoms with Gasteiger partial charge in [0.25, 0.3) is 0 Å². The Labute approximate surface area is 94.5 Å². The normalized spacial score (nSPS) is 10.4. The lowest BCUT2D eigenvalue weighted by Gasteiger charge is -2.03. The number of ether oxygens (including phenoxy) is 2. The molecule has 0 aliphatic carbocycles. The van der Waals surface area contributed by atoms with Crippen molar-refractivity contribution in [1.82, 2.24) is 15.0 Å². The molecule has 0 unspecified atom stereocenters. The molecular weight excluding hydrogens is 210 g/mol. The third kappa shape index (κ3) is 3.03. The minimum Gasteiger partial charge on any atom is -0.461 e. The molecule has 6 nitrogen and oxygen atoms in total. The van der Waals surface area contributed by atoms with Crippen molar-refractivity contribution in [3.8, 4) is 0 Å². The van der Waals surface area contributed by atoms with E-state index in [1.54, 1.807) is 25.6 Å². The number of rotatable bonds is 6. The molecule has 0 N–H and O–H groups in total. The second-order valence-electron chi connectivity index (χ2n) is 3.31. The lowest BCUT2D eigenvalue weighted by molar-refractivity contribution is 0.0518. The summed E-state index contributed by atoms with van der Waals surface area (Å²) in [4.78, 5) is 11.4. The highest BCUT2D eigenvalue weighted by Gasteiger charge is 2.16. The minimum atomic E-state index is -0.419. The van der Waals surface area contributed by atoms with Gasteiger partial charge in [-0.05, 0) is 20.3 Å². The fourth-order valence-corrected chi connectivity index (χ4v) is 1.32. The molecule has 0 atom stereocenters. The summed E-state index contributed by atoms with van der Waals surface area (Å²) in [5.41, 5.74) is 1.02. The lowest BCUT2D eigenvalue weighted by atomic mass is 10.3. The number of hydrogen-bond acceptors (Lipinski definition) is 5. The van der Waals surface area contributed by atoms with Crippen LogP contribution in [0.4, 0.5) is 0 Å². The van der Waals surface area contributed by atoms with E-state index in [4.69, 9.17) is 9.47 Å². The summed E-state index contributed by atoms with van der Waals surface area (Å²) >= 11 is 0. The summed E-state index contributed by atoms with van der Waals surface area (Å²) in [6, 6.07) is 0. The summed E-state index contributed by atoms with van der Waals surface area (Å²) in [5.74, 6) is -0.419. The number of aromatic nitrogens is 3. The summed E-state index contributed by atoms with van der Waals surface area (Å²) in [6.45, 7) is 5.25. The largest absolute Gasteiger partial charge is 0.461 e. The van der Waals surface area contributed by atoms with Crippen LogP contribution in [0.1, 0.15) is 29.5 Å². The first-order valence-corrected chi connectivity index (χ1v) is 5.26. The number of aryl methyl sites for hydroxylation is 1. The third-order valence-electron chi connectivity index (χ3n) is 2.17. The van der Waals surface area contributed by atoms with Gasteiger partial charge in [0.2, 0.25) is 0 Å². The molecule has 1 rings (SSSR count). The fraction of sp³-hybridized carbons (Fsp3) is 0.700. The fourth-order valence-electron chi connectivity index (χ4n) is 1.32. The summed E-state index contributed by atoms with van der Waals surface area (Å²) in [5, 5.41) is 7.71. The number of esters is 1. The number of carbonyl (C=O) groups excluding carboxylic acids is 1. The zero-order valence-electron chi connectivity index (χ0n) is 9.89. The maximum Gasteiger partial charge on any atom is 0.360 e. The van der Waals surface area contributed by atoms with Gasteiger partial charge in [-0.2, -0.15) is 0 Å². The Morgan fingerprint density at radius 1 is 1.50 bits per heavy atom. The third-order valence-corrected chi connectivity index (χ3v) is 2.17. The second kappa shape index (κ2) is 6.22. The molecule has 0 saturated heterocycles. The first-order valence-electron chi connectivity index (χ1n) is 5.26. The van der Waals surface area contributed by atoms with Crippen molar-refractivity contribution >= 4 is 5.97 Å². The van der Waals surface area contributed by atoms with Gasteiger partial charge in [0, 0.05) is 20.3 Å². The molecule has 0 radical (unpaired) electrons. The number of methoxy groups -OCH3 is 1. The topological polar surface area (TPSA) is 66.2 Å². The summed E-state index contributed by atoms with van der Waals surface area (Å²) in [6.07, 6.45) is 0.836. The zero-order valence-corrected chi connectivity index (χ0v) is 9.89. The van der Waals surface area contributed by atoms with E-state index in [-0.39, 0.29) is 0 Å². The van der Waals surface area contributed by atoms with Crippen molar-refractivity contribution in [2.45, 2.75) is 26.8 Å². The first-order chi connectivity index (χ1) is 7.70. The van der Waals surface area contributed by atoms with E-state index in [9.17, 15) is 4.79 Å². The standard InChI is InChI=1S/C10H17N3O3/c1-4-16-10(14)9-8(2)13(12-11-9)6-5-7-15-3/h4-7H2,1-3H3. The molecule has 0 saturated carbocycles. The van der Waals surface area contributed by atoms with Gasteiger partial charge in [-0.15, -0.1) is 5.10 Å². The van der Waals surface area contributed by atoms with Crippen LogP contribution < -0.4 is 0 Å². The maximum atomic E-state index is 11.4. The van der Waals surface area contributed by atoms with Crippen molar-refractivity contribution in [3.63, 3.8) is 0 Å². The van der Waals surface area contributed by atoms with Gasteiger partial charge in [-0.25, -0.2) is 9.48 Å². The van der Waals surface area contributed by atoms with E-state index in [1.807, 2.05) is 0 Å². The van der Waals surface area contributed by atoms with Crippen LogP contribution in [-0.2, 0) is 16.0 Å². The van der Waals surface area contributed by atoms with Crippen LogP contribution in [0.5, 0.6) is 0 Å². The molecule has 0 aliphatic heterocycles. The number of nitrogens with zero attached hydrogens (tertiary/aromatic N) is 3. The molecule has 0 aromatic carbocycles. The highest BCUT2D eigenvalue weighted by molar-refractivity contribution is 5.88. The monoisotopic (exact) mass is 227 g/mol. The molecule has 0 amide bonds. The van der Waals surface area contributed by atoms with Crippen molar-refractivity contribution < 1.29 is 14.3 Å². The quantitative estimate of drug-likeness (QED) is 0.531. The maximum absolute atomic E-state index is 11.4. The minimum absolute atomic E-state index is 0.291. The van der Waals surface area contributed by atoms with Crippen LogP contribution in [-0.4, -0.2) is 41.3 Å². The molecule has 0 aliphatic rings. The predicted molar refractivity (Wildman–Crippen MR) is 57.2 cm³/mol. The number of hydrogen-bond donors (Lipinski definition) is 0. The van der Waals surface area contributed by atoms with E-state index in [0.717, 1.165) is 12.1 Å². The van der Waals surface area contributed by atoms with Gasteiger partial charge in [-0.1, -0.05) is 5.21 Å². The Morgan fingerprint density at radius 2 is 2.25 bits per heavy atom. The zero-order chi connectivity index (χ0) is 12.0. The first kappa shape index (κ1) is 12.6. The van der Waals surface area contributed by atoms with Crippen LogP contribution in [0.3, 0.4) is 0 Å². The predicted octanol–water partition coefficient (Wildman–Crippen LogP) is 0.800. The lowest BCUT2D eigenvalue weighted by Crippen LogP contribution is -2.09.